The fourth-order valence-electron chi connectivity index (χ4n) is 4.62. The molecule has 1 heterocycles. The standard InChI is InChI=1S/C24H29Cl2NO/c1-4-16-15-22(18-8-7-9-20(26)14-18)23(17-10-12-19(25)13-11-17)27(24(16)28)21(5-2)6-3/h7-14,16,21-23H,4-6,15H2,1-3H3/t16?,22-,23-/m1/s1. The molecular weight excluding hydrogens is 389 g/mol. The molecule has 2 nitrogen and oxygen atoms in total. The highest BCUT2D eigenvalue weighted by Crippen LogP contribution is 2.47. The molecule has 0 saturated carbocycles. The van der Waals surface area contributed by atoms with Crippen LogP contribution in [-0.4, -0.2) is 16.8 Å². The Kier molecular flexibility index (Phi) is 7.06. The zero-order valence-corrected chi connectivity index (χ0v) is 18.4. The Hall–Kier alpha value is -1.51. The monoisotopic (exact) mass is 417 g/mol. The van der Waals surface area contributed by atoms with Crippen molar-refractivity contribution in [2.24, 2.45) is 5.92 Å². The van der Waals surface area contributed by atoms with Crippen molar-refractivity contribution in [1.29, 1.82) is 0 Å². The lowest BCUT2D eigenvalue weighted by atomic mass is 9.74. The van der Waals surface area contributed by atoms with Crippen LogP contribution in [0.1, 0.15) is 69.5 Å². The van der Waals surface area contributed by atoms with E-state index in [1.54, 1.807) is 0 Å². The van der Waals surface area contributed by atoms with Gasteiger partial charge in [0.15, 0.2) is 0 Å². The SMILES string of the molecule is CCC1C[C@H](c2cccc(Cl)c2)[C@@H](c2ccc(Cl)cc2)N(C(CC)CC)C1=O. The molecule has 0 N–H and O–H groups in total. The summed E-state index contributed by atoms with van der Waals surface area (Å²) in [5.74, 6) is 0.547. The van der Waals surface area contributed by atoms with Crippen LogP contribution in [-0.2, 0) is 4.79 Å². The third-order valence-electron chi connectivity index (χ3n) is 6.14. The van der Waals surface area contributed by atoms with Crippen molar-refractivity contribution in [2.45, 2.75) is 64.5 Å². The third-order valence-corrected chi connectivity index (χ3v) is 6.63. The van der Waals surface area contributed by atoms with Gasteiger partial charge in [-0.3, -0.25) is 4.79 Å². The maximum Gasteiger partial charge on any atom is 0.226 e. The normalized spacial score (nSPS) is 22.7. The smallest absolute Gasteiger partial charge is 0.226 e. The summed E-state index contributed by atoms with van der Waals surface area (Å²) >= 11 is 12.5. The van der Waals surface area contributed by atoms with Crippen LogP contribution in [0.15, 0.2) is 48.5 Å². The average Bonchev–Trinajstić information content (AvgIpc) is 2.70. The molecule has 0 bridgehead atoms. The summed E-state index contributed by atoms with van der Waals surface area (Å²) in [4.78, 5) is 15.7. The van der Waals surface area contributed by atoms with Crippen molar-refractivity contribution in [3.8, 4) is 0 Å². The number of amides is 1. The maximum absolute atomic E-state index is 13.5. The lowest BCUT2D eigenvalue weighted by Crippen LogP contribution is -2.51. The van der Waals surface area contributed by atoms with E-state index in [1.807, 2.05) is 24.3 Å². The highest BCUT2D eigenvalue weighted by Gasteiger charge is 2.44. The van der Waals surface area contributed by atoms with Gasteiger partial charge in [-0.2, -0.15) is 0 Å². The Morgan fingerprint density at radius 1 is 0.964 bits per heavy atom. The van der Waals surface area contributed by atoms with Gasteiger partial charge in [0.2, 0.25) is 5.91 Å². The first-order valence-corrected chi connectivity index (χ1v) is 11.1. The van der Waals surface area contributed by atoms with Crippen molar-refractivity contribution >= 4 is 29.1 Å². The summed E-state index contributed by atoms with van der Waals surface area (Å²) in [6, 6.07) is 16.3. The molecule has 3 rings (SSSR count). The maximum atomic E-state index is 13.5. The summed E-state index contributed by atoms with van der Waals surface area (Å²) in [5.41, 5.74) is 2.35. The van der Waals surface area contributed by atoms with E-state index in [0.29, 0.717) is 5.02 Å². The van der Waals surface area contributed by atoms with Gasteiger partial charge in [-0.05, 0) is 61.1 Å². The van der Waals surface area contributed by atoms with Gasteiger partial charge in [0, 0.05) is 27.9 Å². The second kappa shape index (κ2) is 9.33. The molecule has 3 atom stereocenters. The quantitative estimate of drug-likeness (QED) is 0.483. The number of likely N-dealkylation sites (tertiary alicyclic amines) is 1. The first-order chi connectivity index (χ1) is 13.5. The molecule has 2 aromatic carbocycles. The van der Waals surface area contributed by atoms with Gasteiger partial charge in [0.05, 0.1) is 6.04 Å². The van der Waals surface area contributed by atoms with Crippen LogP contribution in [0.25, 0.3) is 0 Å². The summed E-state index contributed by atoms with van der Waals surface area (Å²) < 4.78 is 0. The van der Waals surface area contributed by atoms with Crippen molar-refractivity contribution in [3.63, 3.8) is 0 Å². The number of rotatable bonds is 6. The third kappa shape index (κ3) is 4.23. The Morgan fingerprint density at radius 2 is 1.64 bits per heavy atom. The Labute approximate surface area is 178 Å². The van der Waals surface area contributed by atoms with E-state index in [9.17, 15) is 4.79 Å². The first-order valence-electron chi connectivity index (χ1n) is 10.3. The van der Waals surface area contributed by atoms with Crippen LogP contribution >= 0.6 is 23.2 Å². The average molecular weight is 418 g/mol. The largest absolute Gasteiger partial charge is 0.332 e. The molecular formula is C24H29Cl2NO. The van der Waals surface area contributed by atoms with Gasteiger partial charge in [-0.15, -0.1) is 0 Å². The van der Waals surface area contributed by atoms with Gasteiger partial charge in [-0.1, -0.05) is 68.2 Å². The zero-order chi connectivity index (χ0) is 20.3. The number of carbonyl (C=O) groups is 1. The van der Waals surface area contributed by atoms with Gasteiger partial charge in [0.1, 0.15) is 0 Å². The Morgan fingerprint density at radius 3 is 2.21 bits per heavy atom. The van der Waals surface area contributed by atoms with E-state index in [2.05, 4.69) is 49.9 Å². The minimum atomic E-state index is -0.00377. The van der Waals surface area contributed by atoms with E-state index in [1.165, 1.54) is 5.56 Å². The van der Waals surface area contributed by atoms with Crippen LogP contribution in [0.3, 0.4) is 0 Å². The molecule has 0 aliphatic carbocycles. The number of hydrogen-bond donors (Lipinski definition) is 0. The molecule has 0 spiro atoms. The molecule has 150 valence electrons. The number of piperidine rings is 1. The highest BCUT2D eigenvalue weighted by molar-refractivity contribution is 6.30. The van der Waals surface area contributed by atoms with E-state index in [4.69, 9.17) is 23.2 Å². The van der Waals surface area contributed by atoms with Crippen molar-refractivity contribution in [1.82, 2.24) is 4.90 Å². The molecule has 28 heavy (non-hydrogen) atoms. The summed E-state index contributed by atoms with van der Waals surface area (Å²) in [5, 5.41) is 1.46. The lowest BCUT2D eigenvalue weighted by Gasteiger charge is -2.48. The number of benzene rings is 2. The predicted octanol–water partition coefficient (Wildman–Crippen LogP) is 7.27. The van der Waals surface area contributed by atoms with Crippen LogP contribution < -0.4 is 0 Å². The number of carbonyl (C=O) groups excluding carboxylic acids is 1. The second-order valence-electron chi connectivity index (χ2n) is 7.71. The van der Waals surface area contributed by atoms with Gasteiger partial charge < -0.3 is 4.90 Å². The Balaban J connectivity index is 2.15. The van der Waals surface area contributed by atoms with Crippen LogP contribution in [0.5, 0.6) is 0 Å². The molecule has 1 aliphatic rings. The minimum absolute atomic E-state index is 0.00377. The topological polar surface area (TPSA) is 20.3 Å². The van der Waals surface area contributed by atoms with Crippen LogP contribution in [0.4, 0.5) is 0 Å². The summed E-state index contributed by atoms with van der Waals surface area (Å²) in [7, 11) is 0. The first kappa shape index (κ1) is 21.2. The number of halogens is 2. The summed E-state index contributed by atoms with van der Waals surface area (Å²) in [6.45, 7) is 6.46. The van der Waals surface area contributed by atoms with E-state index in [0.717, 1.165) is 36.3 Å². The van der Waals surface area contributed by atoms with E-state index >= 15 is 0 Å². The molecule has 1 aliphatic heterocycles. The van der Waals surface area contributed by atoms with Crippen LogP contribution in [0.2, 0.25) is 10.0 Å². The van der Waals surface area contributed by atoms with Crippen molar-refractivity contribution in [3.05, 3.63) is 69.7 Å². The predicted molar refractivity (Wildman–Crippen MR) is 118 cm³/mol. The van der Waals surface area contributed by atoms with E-state index in [-0.39, 0.29) is 29.8 Å². The van der Waals surface area contributed by atoms with Gasteiger partial charge in [-0.25, -0.2) is 0 Å². The van der Waals surface area contributed by atoms with Crippen molar-refractivity contribution < 1.29 is 4.79 Å². The fraction of sp³-hybridized carbons (Fsp3) is 0.458. The van der Waals surface area contributed by atoms with Gasteiger partial charge >= 0.3 is 0 Å². The molecule has 1 fully saturated rings. The fourth-order valence-corrected chi connectivity index (χ4v) is 4.94. The summed E-state index contributed by atoms with van der Waals surface area (Å²) in [6.07, 6.45) is 3.61. The molecule has 0 radical (unpaired) electrons. The molecule has 1 amide bonds. The van der Waals surface area contributed by atoms with Crippen LogP contribution in [0, 0.1) is 5.92 Å². The number of nitrogens with zero attached hydrogens (tertiary/aromatic N) is 1. The van der Waals surface area contributed by atoms with E-state index < -0.39 is 0 Å². The molecule has 1 saturated heterocycles. The molecule has 0 aromatic heterocycles. The minimum Gasteiger partial charge on any atom is -0.332 e. The highest BCUT2D eigenvalue weighted by atomic mass is 35.5. The molecule has 4 heteroatoms. The molecule has 1 unspecified atom stereocenters. The zero-order valence-electron chi connectivity index (χ0n) is 16.9. The number of hydrogen-bond acceptors (Lipinski definition) is 1. The Bertz CT molecular complexity index is 801. The van der Waals surface area contributed by atoms with Gasteiger partial charge in [0.25, 0.3) is 0 Å². The molecule has 2 aromatic rings. The second-order valence-corrected chi connectivity index (χ2v) is 8.59. The van der Waals surface area contributed by atoms with Crippen molar-refractivity contribution in [2.75, 3.05) is 0 Å². The lowest BCUT2D eigenvalue weighted by molar-refractivity contribution is -0.147.